The first-order chi connectivity index (χ1) is 5.20. The second-order valence-corrected chi connectivity index (χ2v) is 2.86. The van der Waals surface area contributed by atoms with Crippen molar-refractivity contribution < 1.29 is 13.5 Å². The Balaban J connectivity index is 2.15. The van der Waals surface area contributed by atoms with E-state index in [4.69, 9.17) is 10.5 Å². The van der Waals surface area contributed by atoms with E-state index in [1.807, 2.05) is 0 Å². The van der Waals surface area contributed by atoms with Gasteiger partial charge in [-0.05, 0) is 19.3 Å². The summed E-state index contributed by atoms with van der Waals surface area (Å²) in [7, 11) is 0. The molecule has 2 atom stereocenters. The smallest absolute Gasteiger partial charge is 0.261 e. The largest absolute Gasteiger partial charge is 0.371 e. The molecule has 1 saturated carbocycles. The van der Waals surface area contributed by atoms with E-state index in [9.17, 15) is 8.78 Å². The minimum Gasteiger partial charge on any atom is -0.371 e. The molecule has 11 heavy (non-hydrogen) atoms. The van der Waals surface area contributed by atoms with Crippen LogP contribution >= 0.6 is 0 Å². The predicted molar refractivity (Wildman–Crippen MR) is 37.6 cm³/mol. The fourth-order valence-corrected chi connectivity index (χ4v) is 1.36. The van der Waals surface area contributed by atoms with Gasteiger partial charge in [-0.3, -0.25) is 0 Å². The molecular weight excluding hydrogens is 152 g/mol. The van der Waals surface area contributed by atoms with Crippen molar-refractivity contribution in [1.29, 1.82) is 0 Å². The van der Waals surface area contributed by atoms with E-state index >= 15 is 0 Å². The molecule has 4 heteroatoms. The van der Waals surface area contributed by atoms with Crippen molar-refractivity contribution in [2.45, 2.75) is 37.8 Å². The van der Waals surface area contributed by atoms with E-state index < -0.39 is 13.0 Å². The predicted octanol–water partition coefficient (Wildman–Crippen LogP) is 1.15. The highest BCUT2D eigenvalue weighted by molar-refractivity contribution is 4.80. The van der Waals surface area contributed by atoms with Crippen LogP contribution in [0, 0.1) is 0 Å². The molecule has 66 valence electrons. The van der Waals surface area contributed by atoms with Crippen molar-refractivity contribution in [3.63, 3.8) is 0 Å². The summed E-state index contributed by atoms with van der Waals surface area (Å²) in [4.78, 5) is 0. The van der Waals surface area contributed by atoms with E-state index in [0.29, 0.717) is 0 Å². The third-order valence-electron chi connectivity index (χ3n) is 1.94. The van der Waals surface area contributed by atoms with Gasteiger partial charge in [-0.15, -0.1) is 0 Å². The molecule has 0 radical (unpaired) electrons. The van der Waals surface area contributed by atoms with E-state index in [-0.39, 0.29) is 12.1 Å². The molecule has 2 nitrogen and oxygen atoms in total. The Bertz CT molecular complexity index is 121. The lowest BCUT2D eigenvalue weighted by Gasteiger charge is -2.15. The lowest BCUT2D eigenvalue weighted by molar-refractivity contribution is -0.0262. The molecule has 0 bridgehead atoms. The number of alkyl halides is 2. The van der Waals surface area contributed by atoms with Crippen molar-refractivity contribution in [2.24, 2.45) is 5.73 Å². The first-order valence-corrected chi connectivity index (χ1v) is 3.85. The Labute approximate surface area is 64.7 Å². The zero-order valence-corrected chi connectivity index (χ0v) is 6.30. The second-order valence-electron chi connectivity index (χ2n) is 2.86. The number of hydrogen-bond acceptors (Lipinski definition) is 2. The van der Waals surface area contributed by atoms with Crippen molar-refractivity contribution in [2.75, 3.05) is 6.61 Å². The fourth-order valence-electron chi connectivity index (χ4n) is 1.36. The molecule has 1 aliphatic rings. The van der Waals surface area contributed by atoms with Crippen molar-refractivity contribution in [1.82, 2.24) is 0 Å². The topological polar surface area (TPSA) is 35.2 Å². The standard InChI is InChI=1S/C7H13F2NO/c8-7(9)4-11-6-3-1-2-5(6)10/h5-7H,1-4,10H2/t5-,6+/m1/s1. The highest BCUT2D eigenvalue weighted by Crippen LogP contribution is 2.20. The Kier molecular flexibility index (Phi) is 3.20. The molecule has 0 saturated heterocycles. The summed E-state index contributed by atoms with van der Waals surface area (Å²) < 4.78 is 28.2. The quantitative estimate of drug-likeness (QED) is 0.680. The Hall–Kier alpha value is -0.220. The van der Waals surface area contributed by atoms with Crippen LogP contribution in [-0.4, -0.2) is 25.2 Å². The van der Waals surface area contributed by atoms with Crippen LogP contribution < -0.4 is 5.73 Å². The highest BCUT2D eigenvalue weighted by atomic mass is 19.3. The Morgan fingerprint density at radius 1 is 1.45 bits per heavy atom. The number of ether oxygens (including phenoxy) is 1. The van der Waals surface area contributed by atoms with Crippen LogP contribution in [0.3, 0.4) is 0 Å². The zero-order valence-electron chi connectivity index (χ0n) is 6.30. The van der Waals surface area contributed by atoms with Gasteiger partial charge in [0.25, 0.3) is 6.43 Å². The molecule has 0 aromatic carbocycles. The van der Waals surface area contributed by atoms with Crippen LogP contribution in [-0.2, 0) is 4.74 Å². The first kappa shape index (κ1) is 8.87. The molecular formula is C7H13F2NO. The Morgan fingerprint density at radius 2 is 2.18 bits per heavy atom. The fraction of sp³-hybridized carbons (Fsp3) is 1.00. The number of hydrogen-bond donors (Lipinski definition) is 1. The van der Waals surface area contributed by atoms with Gasteiger partial charge in [0.15, 0.2) is 0 Å². The number of nitrogens with two attached hydrogens (primary N) is 1. The maximum atomic E-state index is 11.6. The molecule has 0 amide bonds. The maximum absolute atomic E-state index is 11.6. The zero-order chi connectivity index (χ0) is 8.27. The summed E-state index contributed by atoms with van der Waals surface area (Å²) in [5.74, 6) is 0. The van der Waals surface area contributed by atoms with Crippen LogP contribution in [0.25, 0.3) is 0 Å². The van der Waals surface area contributed by atoms with Crippen LogP contribution in [0.4, 0.5) is 8.78 Å². The maximum Gasteiger partial charge on any atom is 0.261 e. The molecule has 0 spiro atoms. The lowest BCUT2D eigenvalue weighted by Crippen LogP contribution is -2.32. The van der Waals surface area contributed by atoms with Crippen LogP contribution in [0.15, 0.2) is 0 Å². The summed E-state index contributed by atoms with van der Waals surface area (Å²) >= 11 is 0. The average Bonchev–Trinajstić information content (AvgIpc) is 2.31. The van der Waals surface area contributed by atoms with Crippen molar-refractivity contribution in [3.8, 4) is 0 Å². The third kappa shape index (κ3) is 2.71. The summed E-state index contributed by atoms with van der Waals surface area (Å²) in [5.41, 5.74) is 5.60. The Morgan fingerprint density at radius 3 is 2.64 bits per heavy atom. The molecule has 1 fully saturated rings. The molecule has 0 aliphatic heterocycles. The minimum absolute atomic E-state index is 0.0336. The average molecular weight is 165 g/mol. The van der Waals surface area contributed by atoms with Crippen molar-refractivity contribution in [3.05, 3.63) is 0 Å². The highest BCUT2D eigenvalue weighted by Gasteiger charge is 2.25. The summed E-state index contributed by atoms with van der Waals surface area (Å²) in [6.45, 7) is -0.474. The first-order valence-electron chi connectivity index (χ1n) is 3.85. The number of rotatable bonds is 3. The van der Waals surface area contributed by atoms with Crippen LogP contribution in [0.1, 0.15) is 19.3 Å². The molecule has 0 heterocycles. The van der Waals surface area contributed by atoms with Gasteiger partial charge >= 0.3 is 0 Å². The van der Waals surface area contributed by atoms with Gasteiger partial charge in [-0.2, -0.15) is 0 Å². The van der Waals surface area contributed by atoms with Crippen molar-refractivity contribution >= 4 is 0 Å². The minimum atomic E-state index is -2.37. The summed E-state index contributed by atoms with van der Waals surface area (Å²) in [6.07, 6.45) is 0.212. The molecule has 0 aromatic heterocycles. The van der Waals surface area contributed by atoms with Gasteiger partial charge in [-0.25, -0.2) is 8.78 Å². The summed E-state index contributed by atoms with van der Waals surface area (Å²) in [5, 5.41) is 0. The number of halogens is 2. The van der Waals surface area contributed by atoms with Crippen LogP contribution in [0.5, 0.6) is 0 Å². The van der Waals surface area contributed by atoms with E-state index in [1.54, 1.807) is 0 Å². The molecule has 2 N–H and O–H groups in total. The normalized spacial score (nSPS) is 31.6. The van der Waals surface area contributed by atoms with E-state index in [1.165, 1.54) is 0 Å². The van der Waals surface area contributed by atoms with Gasteiger partial charge in [0.05, 0.1) is 6.10 Å². The monoisotopic (exact) mass is 165 g/mol. The SMILES string of the molecule is N[C@@H]1CCC[C@@H]1OCC(F)F. The van der Waals surface area contributed by atoms with E-state index in [2.05, 4.69) is 0 Å². The molecule has 0 aromatic rings. The van der Waals surface area contributed by atoms with Gasteiger partial charge in [0.2, 0.25) is 0 Å². The van der Waals surface area contributed by atoms with Crippen LogP contribution in [0.2, 0.25) is 0 Å². The second kappa shape index (κ2) is 3.97. The van der Waals surface area contributed by atoms with Gasteiger partial charge < -0.3 is 10.5 Å². The molecule has 0 unspecified atom stereocenters. The van der Waals surface area contributed by atoms with Gasteiger partial charge in [-0.1, -0.05) is 0 Å². The molecule has 1 rings (SSSR count). The van der Waals surface area contributed by atoms with Gasteiger partial charge in [0, 0.05) is 6.04 Å². The van der Waals surface area contributed by atoms with Gasteiger partial charge in [0.1, 0.15) is 6.61 Å². The third-order valence-corrected chi connectivity index (χ3v) is 1.94. The summed E-state index contributed by atoms with van der Waals surface area (Å²) in [6, 6.07) is -0.0336. The lowest BCUT2D eigenvalue weighted by atomic mass is 10.2. The van der Waals surface area contributed by atoms with E-state index in [0.717, 1.165) is 19.3 Å². The molecule has 1 aliphatic carbocycles.